The van der Waals surface area contributed by atoms with Crippen LogP contribution in [0.2, 0.25) is 0 Å². The summed E-state index contributed by atoms with van der Waals surface area (Å²) in [6, 6.07) is 9.20. The second-order valence-electron chi connectivity index (χ2n) is 7.17. The van der Waals surface area contributed by atoms with Gasteiger partial charge in [-0.2, -0.15) is 0 Å². The van der Waals surface area contributed by atoms with E-state index in [1.807, 2.05) is 18.2 Å². The van der Waals surface area contributed by atoms with Gasteiger partial charge in [-0.1, -0.05) is 57.0 Å². The van der Waals surface area contributed by atoms with Crippen LogP contribution in [0.15, 0.2) is 36.0 Å². The molecule has 27 heavy (non-hydrogen) atoms. The molecule has 0 radical (unpaired) electrons. The van der Waals surface area contributed by atoms with Crippen LogP contribution in [0.4, 0.5) is 0 Å². The van der Waals surface area contributed by atoms with Crippen LogP contribution in [0, 0.1) is 11.8 Å². The average molecular weight is 372 g/mol. The molecule has 1 aliphatic carbocycles. The highest BCUT2D eigenvalue weighted by molar-refractivity contribution is 5.98. The minimum Gasteiger partial charge on any atom is -0.451 e. The van der Waals surface area contributed by atoms with Crippen molar-refractivity contribution in [1.82, 2.24) is 10.6 Å². The molecule has 1 aromatic rings. The van der Waals surface area contributed by atoms with Gasteiger partial charge in [-0.15, -0.1) is 0 Å². The predicted molar refractivity (Wildman–Crippen MR) is 103 cm³/mol. The topological polar surface area (TPSA) is 84.5 Å². The van der Waals surface area contributed by atoms with E-state index >= 15 is 0 Å². The minimum atomic E-state index is -0.741. The monoisotopic (exact) mass is 372 g/mol. The number of amides is 2. The molecule has 6 heteroatoms. The van der Waals surface area contributed by atoms with Crippen molar-refractivity contribution in [3.8, 4) is 0 Å². The fraction of sp³-hybridized carbons (Fsp3) is 0.476. The van der Waals surface area contributed by atoms with Gasteiger partial charge in [-0.25, -0.2) is 4.79 Å². The molecule has 1 aromatic carbocycles. The average Bonchev–Trinajstić information content (AvgIpc) is 2.63. The lowest BCUT2D eigenvalue weighted by molar-refractivity contribution is -0.146. The Bertz CT molecular complexity index is 699. The largest absolute Gasteiger partial charge is 0.451 e. The summed E-state index contributed by atoms with van der Waals surface area (Å²) in [5, 5.41) is 5.42. The Balaban J connectivity index is 1.93. The molecular weight excluding hydrogens is 344 g/mol. The quantitative estimate of drug-likeness (QED) is 0.594. The van der Waals surface area contributed by atoms with Crippen molar-refractivity contribution in [2.24, 2.45) is 11.8 Å². The molecule has 1 fully saturated rings. The third-order valence-corrected chi connectivity index (χ3v) is 5.03. The number of nitrogens with one attached hydrogen (secondary N) is 2. The normalized spacial score (nSPS) is 22.6. The maximum absolute atomic E-state index is 12.3. The first-order valence-corrected chi connectivity index (χ1v) is 9.37. The first kappa shape index (κ1) is 20.7. The van der Waals surface area contributed by atoms with Crippen LogP contribution >= 0.6 is 0 Å². The lowest BCUT2D eigenvalue weighted by atomic mass is 9.78. The van der Waals surface area contributed by atoms with Gasteiger partial charge in [0.25, 0.3) is 5.91 Å². The number of carbonyl (C=O) groups is 3. The van der Waals surface area contributed by atoms with Crippen LogP contribution in [-0.2, 0) is 19.1 Å². The third-order valence-electron chi connectivity index (χ3n) is 5.03. The highest BCUT2D eigenvalue weighted by Gasteiger charge is 2.28. The van der Waals surface area contributed by atoms with Crippen LogP contribution in [0.25, 0.3) is 6.08 Å². The molecule has 0 heterocycles. The maximum atomic E-state index is 12.3. The highest BCUT2D eigenvalue weighted by Crippen LogP contribution is 2.29. The fourth-order valence-electron chi connectivity index (χ4n) is 3.29. The summed E-state index contributed by atoms with van der Waals surface area (Å²) in [4.78, 5) is 35.9. The molecule has 6 nitrogen and oxygen atoms in total. The SMILES string of the molecule is CC(=O)N/C(=C\c1ccccc1)C(=O)OCC(=O)N[C@@H]1CCC[C@H](C)[C@H]1C. The van der Waals surface area contributed by atoms with E-state index in [1.54, 1.807) is 12.1 Å². The van der Waals surface area contributed by atoms with Crippen molar-refractivity contribution in [2.45, 2.75) is 46.1 Å². The standard InChI is InChI=1S/C21H28N2O4/c1-14-8-7-11-18(15(14)2)23-20(25)13-27-21(26)19(22-16(3)24)12-17-9-5-4-6-10-17/h4-6,9-10,12,14-15,18H,7-8,11,13H2,1-3H3,(H,22,24)(H,23,25)/b19-12-/t14-,15+,18+/m0/s1. The summed E-state index contributed by atoms with van der Waals surface area (Å²) in [6.45, 7) is 5.27. The Morgan fingerprint density at radius 1 is 1.15 bits per heavy atom. The smallest absolute Gasteiger partial charge is 0.355 e. The Hall–Kier alpha value is -2.63. The zero-order chi connectivity index (χ0) is 19.8. The van der Waals surface area contributed by atoms with Gasteiger partial charge >= 0.3 is 5.97 Å². The Labute approximate surface area is 160 Å². The molecule has 2 rings (SSSR count). The van der Waals surface area contributed by atoms with E-state index in [0.29, 0.717) is 11.8 Å². The van der Waals surface area contributed by atoms with Crippen LogP contribution in [0.1, 0.15) is 45.6 Å². The lowest BCUT2D eigenvalue weighted by Gasteiger charge is -2.34. The minimum absolute atomic E-state index is 0.00107. The summed E-state index contributed by atoms with van der Waals surface area (Å²) < 4.78 is 5.11. The van der Waals surface area contributed by atoms with E-state index in [9.17, 15) is 14.4 Å². The lowest BCUT2D eigenvalue weighted by Crippen LogP contribution is -2.45. The molecule has 2 amide bonds. The molecule has 0 saturated heterocycles. The van der Waals surface area contributed by atoms with E-state index in [1.165, 1.54) is 19.4 Å². The van der Waals surface area contributed by atoms with Crippen LogP contribution in [0.3, 0.4) is 0 Å². The number of esters is 1. The van der Waals surface area contributed by atoms with Crippen LogP contribution in [-0.4, -0.2) is 30.4 Å². The molecule has 2 N–H and O–H groups in total. The Morgan fingerprint density at radius 3 is 2.52 bits per heavy atom. The van der Waals surface area contributed by atoms with Gasteiger partial charge in [0, 0.05) is 13.0 Å². The summed E-state index contributed by atoms with van der Waals surface area (Å²) in [5.74, 6) is -0.493. The number of hydrogen-bond donors (Lipinski definition) is 2. The van der Waals surface area contributed by atoms with Gasteiger partial charge in [0.15, 0.2) is 6.61 Å². The number of carbonyl (C=O) groups excluding carboxylic acids is 3. The number of benzene rings is 1. The van der Waals surface area contributed by atoms with E-state index in [0.717, 1.165) is 18.4 Å². The predicted octanol–water partition coefficient (Wildman–Crippen LogP) is 2.65. The zero-order valence-corrected chi connectivity index (χ0v) is 16.2. The van der Waals surface area contributed by atoms with E-state index in [-0.39, 0.29) is 30.2 Å². The molecule has 0 aromatic heterocycles. The Kier molecular flexibility index (Phi) is 7.58. The van der Waals surface area contributed by atoms with Gasteiger partial charge in [-0.05, 0) is 29.9 Å². The van der Waals surface area contributed by atoms with Gasteiger partial charge in [0.2, 0.25) is 5.91 Å². The molecule has 3 atom stereocenters. The fourth-order valence-corrected chi connectivity index (χ4v) is 3.29. The summed E-state index contributed by atoms with van der Waals surface area (Å²) in [6.07, 6.45) is 4.72. The van der Waals surface area contributed by atoms with Crippen molar-refractivity contribution in [3.05, 3.63) is 41.6 Å². The van der Waals surface area contributed by atoms with Gasteiger partial charge < -0.3 is 15.4 Å². The molecule has 0 unspecified atom stereocenters. The molecule has 146 valence electrons. The molecular formula is C21H28N2O4. The second-order valence-corrected chi connectivity index (χ2v) is 7.17. The summed E-state index contributed by atoms with van der Waals surface area (Å²) in [5.41, 5.74) is 0.744. The third kappa shape index (κ3) is 6.55. The van der Waals surface area contributed by atoms with Crippen molar-refractivity contribution >= 4 is 23.9 Å². The van der Waals surface area contributed by atoms with Crippen LogP contribution in [0.5, 0.6) is 0 Å². The maximum Gasteiger partial charge on any atom is 0.355 e. The van der Waals surface area contributed by atoms with E-state index in [4.69, 9.17) is 4.74 Å². The van der Waals surface area contributed by atoms with Gasteiger partial charge in [0.05, 0.1) is 0 Å². The highest BCUT2D eigenvalue weighted by atomic mass is 16.5. The second kappa shape index (κ2) is 9.90. The van der Waals surface area contributed by atoms with Gasteiger partial charge in [-0.3, -0.25) is 9.59 Å². The molecule has 1 saturated carbocycles. The Morgan fingerprint density at radius 2 is 1.85 bits per heavy atom. The number of hydrogen-bond acceptors (Lipinski definition) is 4. The first-order valence-electron chi connectivity index (χ1n) is 9.37. The molecule has 0 spiro atoms. The van der Waals surface area contributed by atoms with Crippen molar-refractivity contribution < 1.29 is 19.1 Å². The van der Waals surface area contributed by atoms with Crippen LogP contribution < -0.4 is 10.6 Å². The number of ether oxygens (including phenoxy) is 1. The van der Waals surface area contributed by atoms with E-state index in [2.05, 4.69) is 24.5 Å². The molecule has 1 aliphatic rings. The molecule has 0 aliphatic heterocycles. The summed E-state index contributed by atoms with van der Waals surface area (Å²) in [7, 11) is 0. The first-order chi connectivity index (χ1) is 12.9. The van der Waals surface area contributed by atoms with Gasteiger partial charge in [0.1, 0.15) is 5.70 Å². The van der Waals surface area contributed by atoms with Crippen molar-refractivity contribution in [2.75, 3.05) is 6.61 Å². The van der Waals surface area contributed by atoms with E-state index < -0.39 is 5.97 Å². The number of rotatable bonds is 6. The zero-order valence-electron chi connectivity index (χ0n) is 16.2. The summed E-state index contributed by atoms with van der Waals surface area (Å²) >= 11 is 0. The molecule has 0 bridgehead atoms. The van der Waals surface area contributed by atoms with Crippen molar-refractivity contribution in [1.29, 1.82) is 0 Å². The van der Waals surface area contributed by atoms with Crippen molar-refractivity contribution in [3.63, 3.8) is 0 Å².